The van der Waals surface area contributed by atoms with Crippen LogP contribution in [0.25, 0.3) is 0 Å². The zero-order valence-corrected chi connectivity index (χ0v) is 13.1. The number of hydrogen-bond donors (Lipinski definition) is 1. The van der Waals surface area contributed by atoms with Gasteiger partial charge < -0.3 is 14.8 Å². The fourth-order valence-corrected chi connectivity index (χ4v) is 3.60. The molecular formula is C16H25NO2S. The SMILES string of the molecule is Cc1sc(CNC2CC2)cc1COCC1CCOCC1. The van der Waals surface area contributed by atoms with Gasteiger partial charge >= 0.3 is 0 Å². The molecule has 3 nitrogen and oxygen atoms in total. The highest BCUT2D eigenvalue weighted by Crippen LogP contribution is 2.25. The molecule has 20 heavy (non-hydrogen) atoms. The lowest BCUT2D eigenvalue weighted by molar-refractivity contribution is 0.0157. The molecule has 1 aromatic heterocycles. The molecule has 3 rings (SSSR count). The van der Waals surface area contributed by atoms with Gasteiger partial charge in [0.15, 0.2) is 0 Å². The molecule has 4 heteroatoms. The normalized spacial score (nSPS) is 20.4. The molecule has 1 aromatic rings. The van der Waals surface area contributed by atoms with Crippen LogP contribution in [0, 0.1) is 12.8 Å². The number of ether oxygens (including phenoxy) is 2. The maximum Gasteiger partial charge on any atom is 0.0727 e. The number of nitrogens with one attached hydrogen (secondary N) is 1. The Morgan fingerprint density at radius 1 is 1.30 bits per heavy atom. The van der Waals surface area contributed by atoms with Crippen molar-refractivity contribution in [2.75, 3.05) is 19.8 Å². The van der Waals surface area contributed by atoms with E-state index >= 15 is 0 Å². The zero-order chi connectivity index (χ0) is 13.8. The van der Waals surface area contributed by atoms with E-state index in [0.29, 0.717) is 5.92 Å². The molecule has 1 aliphatic carbocycles. The van der Waals surface area contributed by atoms with Crippen molar-refractivity contribution in [3.8, 4) is 0 Å². The average Bonchev–Trinajstić information content (AvgIpc) is 3.23. The second-order valence-corrected chi connectivity index (χ2v) is 7.36. The minimum Gasteiger partial charge on any atom is -0.381 e. The van der Waals surface area contributed by atoms with Crippen LogP contribution in [0.5, 0.6) is 0 Å². The molecule has 0 spiro atoms. The van der Waals surface area contributed by atoms with E-state index in [4.69, 9.17) is 9.47 Å². The van der Waals surface area contributed by atoms with Crippen molar-refractivity contribution in [1.29, 1.82) is 0 Å². The first-order valence-electron chi connectivity index (χ1n) is 7.78. The highest BCUT2D eigenvalue weighted by Gasteiger charge is 2.20. The third-order valence-corrected chi connectivity index (χ3v) is 5.26. The van der Waals surface area contributed by atoms with Crippen molar-refractivity contribution in [3.05, 3.63) is 21.4 Å². The van der Waals surface area contributed by atoms with Crippen LogP contribution in [0.4, 0.5) is 0 Å². The largest absolute Gasteiger partial charge is 0.381 e. The first-order valence-corrected chi connectivity index (χ1v) is 8.60. The number of thiophene rings is 1. The fourth-order valence-electron chi connectivity index (χ4n) is 2.60. The Balaban J connectivity index is 1.41. The molecule has 0 aromatic carbocycles. The molecule has 1 N–H and O–H groups in total. The van der Waals surface area contributed by atoms with Crippen molar-refractivity contribution in [3.63, 3.8) is 0 Å². The molecular weight excluding hydrogens is 270 g/mol. The third-order valence-electron chi connectivity index (χ3n) is 4.17. The van der Waals surface area contributed by atoms with Crippen LogP contribution in [-0.2, 0) is 22.6 Å². The van der Waals surface area contributed by atoms with E-state index in [1.807, 2.05) is 11.3 Å². The van der Waals surface area contributed by atoms with Crippen molar-refractivity contribution in [2.45, 2.75) is 51.8 Å². The molecule has 0 bridgehead atoms. The minimum atomic E-state index is 0.693. The highest BCUT2D eigenvalue weighted by atomic mass is 32.1. The van der Waals surface area contributed by atoms with E-state index in [1.165, 1.54) is 28.2 Å². The molecule has 1 aliphatic heterocycles. The van der Waals surface area contributed by atoms with Crippen LogP contribution in [-0.4, -0.2) is 25.9 Å². The predicted octanol–water partition coefficient (Wildman–Crippen LogP) is 3.25. The van der Waals surface area contributed by atoms with Gasteiger partial charge in [0.2, 0.25) is 0 Å². The third kappa shape index (κ3) is 4.29. The van der Waals surface area contributed by atoms with Crippen LogP contribution in [0.1, 0.15) is 41.0 Å². The van der Waals surface area contributed by atoms with Crippen LogP contribution in [0.15, 0.2) is 6.07 Å². The van der Waals surface area contributed by atoms with Crippen LogP contribution in [0.2, 0.25) is 0 Å². The molecule has 0 unspecified atom stereocenters. The van der Waals surface area contributed by atoms with Gasteiger partial charge in [0.05, 0.1) is 13.2 Å². The summed E-state index contributed by atoms with van der Waals surface area (Å²) in [6, 6.07) is 3.10. The van der Waals surface area contributed by atoms with Crippen molar-refractivity contribution < 1.29 is 9.47 Å². The highest BCUT2D eigenvalue weighted by molar-refractivity contribution is 7.12. The smallest absolute Gasteiger partial charge is 0.0727 e. The second kappa shape index (κ2) is 7.03. The van der Waals surface area contributed by atoms with E-state index in [-0.39, 0.29) is 0 Å². The topological polar surface area (TPSA) is 30.5 Å². The summed E-state index contributed by atoms with van der Waals surface area (Å²) < 4.78 is 11.3. The monoisotopic (exact) mass is 295 g/mol. The minimum absolute atomic E-state index is 0.693. The van der Waals surface area contributed by atoms with E-state index in [1.54, 1.807) is 0 Å². The second-order valence-electron chi connectivity index (χ2n) is 6.02. The van der Waals surface area contributed by atoms with E-state index in [0.717, 1.165) is 51.9 Å². The van der Waals surface area contributed by atoms with E-state index in [2.05, 4.69) is 18.3 Å². The van der Waals surface area contributed by atoms with Gasteiger partial charge in [-0.1, -0.05) is 0 Å². The van der Waals surface area contributed by atoms with E-state index < -0.39 is 0 Å². The van der Waals surface area contributed by atoms with Gasteiger partial charge in [0.1, 0.15) is 0 Å². The van der Waals surface area contributed by atoms with Gasteiger partial charge in [0.25, 0.3) is 0 Å². The summed E-state index contributed by atoms with van der Waals surface area (Å²) in [4.78, 5) is 2.85. The Bertz CT molecular complexity index is 422. The van der Waals surface area contributed by atoms with Crippen molar-refractivity contribution >= 4 is 11.3 Å². The molecule has 1 saturated carbocycles. The summed E-state index contributed by atoms with van der Waals surface area (Å²) in [5, 5.41) is 3.58. The fraction of sp³-hybridized carbons (Fsp3) is 0.750. The maximum absolute atomic E-state index is 5.92. The number of hydrogen-bond acceptors (Lipinski definition) is 4. The summed E-state index contributed by atoms with van der Waals surface area (Å²) in [5.74, 6) is 0.693. The molecule has 2 fully saturated rings. The Labute approximate surface area is 125 Å². The summed E-state index contributed by atoms with van der Waals surface area (Å²) in [5.41, 5.74) is 1.37. The van der Waals surface area contributed by atoms with Crippen molar-refractivity contribution in [2.24, 2.45) is 5.92 Å². The van der Waals surface area contributed by atoms with Crippen LogP contribution in [0.3, 0.4) is 0 Å². The quantitative estimate of drug-likeness (QED) is 0.837. The Kier molecular flexibility index (Phi) is 5.10. The lowest BCUT2D eigenvalue weighted by Gasteiger charge is -2.21. The van der Waals surface area contributed by atoms with Crippen LogP contribution < -0.4 is 5.32 Å². The van der Waals surface area contributed by atoms with E-state index in [9.17, 15) is 0 Å². The Morgan fingerprint density at radius 2 is 2.10 bits per heavy atom. The van der Waals surface area contributed by atoms with Gasteiger partial charge in [-0.15, -0.1) is 11.3 Å². The number of aryl methyl sites for hydroxylation is 1. The molecule has 0 atom stereocenters. The maximum atomic E-state index is 5.92. The molecule has 0 radical (unpaired) electrons. The van der Waals surface area contributed by atoms with Gasteiger partial charge in [0, 0.05) is 35.6 Å². The predicted molar refractivity (Wildman–Crippen MR) is 82.1 cm³/mol. The summed E-state index contributed by atoms with van der Waals surface area (Å²) >= 11 is 1.91. The molecule has 0 amide bonds. The Hall–Kier alpha value is -0.420. The summed E-state index contributed by atoms with van der Waals surface area (Å²) in [6.45, 7) is 6.69. The summed E-state index contributed by atoms with van der Waals surface area (Å²) in [6.07, 6.45) is 5.01. The van der Waals surface area contributed by atoms with Gasteiger partial charge in [-0.2, -0.15) is 0 Å². The zero-order valence-electron chi connectivity index (χ0n) is 12.3. The van der Waals surface area contributed by atoms with Gasteiger partial charge in [-0.05, 0) is 50.2 Å². The molecule has 112 valence electrons. The van der Waals surface area contributed by atoms with Gasteiger partial charge in [-0.3, -0.25) is 0 Å². The molecule has 1 saturated heterocycles. The summed E-state index contributed by atoms with van der Waals surface area (Å²) in [7, 11) is 0. The average molecular weight is 295 g/mol. The first kappa shape index (κ1) is 14.5. The van der Waals surface area contributed by atoms with Crippen molar-refractivity contribution in [1.82, 2.24) is 5.32 Å². The molecule has 2 heterocycles. The molecule has 2 aliphatic rings. The standard InChI is InChI=1S/C16H25NO2S/c1-12-14(8-16(20-12)9-17-15-2-3-15)11-19-10-13-4-6-18-7-5-13/h8,13,15,17H,2-7,9-11H2,1H3. The Morgan fingerprint density at radius 3 is 2.85 bits per heavy atom. The first-order chi connectivity index (χ1) is 9.81. The lowest BCUT2D eigenvalue weighted by atomic mass is 10.0. The number of rotatable bonds is 7. The van der Waals surface area contributed by atoms with Gasteiger partial charge in [-0.25, -0.2) is 0 Å². The van der Waals surface area contributed by atoms with Crippen LogP contribution >= 0.6 is 11.3 Å². The lowest BCUT2D eigenvalue weighted by Crippen LogP contribution is -2.20.